The zero-order valence-electron chi connectivity index (χ0n) is 12.7. The van der Waals surface area contributed by atoms with Gasteiger partial charge in [-0.1, -0.05) is 20.8 Å². The van der Waals surface area contributed by atoms with Gasteiger partial charge in [-0.05, 0) is 12.3 Å². The van der Waals surface area contributed by atoms with Gasteiger partial charge in [-0.3, -0.25) is 4.79 Å². The number of rotatable bonds is 7. The number of nitrogens with one attached hydrogen (secondary N) is 1. The first-order valence-electron chi connectivity index (χ1n) is 6.51. The molecule has 0 radical (unpaired) electrons. The fourth-order valence-electron chi connectivity index (χ4n) is 1.72. The number of carboxylic acids is 1. The van der Waals surface area contributed by atoms with Crippen LogP contribution in [0.4, 0.5) is 4.79 Å². The van der Waals surface area contributed by atoms with E-state index >= 15 is 0 Å². The lowest BCUT2D eigenvalue weighted by atomic mass is 10.0. The number of esters is 1. The predicted molar refractivity (Wildman–Crippen MR) is 73.2 cm³/mol. The minimum absolute atomic E-state index is 0.149. The Hall–Kier alpha value is -1.79. The molecule has 0 spiro atoms. The van der Waals surface area contributed by atoms with E-state index in [2.05, 4.69) is 10.1 Å². The zero-order chi connectivity index (χ0) is 15.9. The van der Waals surface area contributed by atoms with Crippen LogP contribution in [-0.4, -0.2) is 54.7 Å². The summed E-state index contributed by atoms with van der Waals surface area (Å²) in [7, 11) is 2.78. The van der Waals surface area contributed by atoms with Gasteiger partial charge >= 0.3 is 18.0 Å². The summed E-state index contributed by atoms with van der Waals surface area (Å²) in [5.74, 6) is -1.80. The molecule has 0 bridgehead atoms. The molecule has 0 aliphatic heterocycles. The van der Waals surface area contributed by atoms with Gasteiger partial charge < -0.3 is 20.1 Å². The van der Waals surface area contributed by atoms with E-state index in [0.29, 0.717) is 6.42 Å². The molecular formula is C13H24N2O5. The summed E-state index contributed by atoms with van der Waals surface area (Å²) in [5, 5.41) is 11.5. The number of hydrogen-bond donors (Lipinski definition) is 2. The third kappa shape index (κ3) is 6.40. The van der Waals surface area contributed by atoms with Gasteiger partial charge in [0.1, 0.15) is 6.04 Å². The fourth-order valence-corrected chi connectivity index (χ4v) is 1.72. The van der Waals surface area contributed by atoms with Crippen LogP contribution in [0.1, 0.15) is 27.2 Å². The number of amides is 2. The van der Waals surface area contributed by atoms with E-state index < -0.39 is 29.9 Å². The summed E-state index contributed by atoms with van der Waals surface area (Å²) in [5.41, 5.74) is 0. The highest BCUT2D eigenvalue weighted by Gasteiger charge is 2.24. The largest absolute Gasteiger partial charge is 0.480 e. The minimum atomic E-state index is -1.07. The molecule has 2 unspecified atom stereocenters. The van der Waals surface area contributed by atoms with Crippen molar-refractivity contribution in [3.63, 3.8) is 0 Å². The maximum absolute atomic E-state index is 11.9. The highest BCUT2D eigenvalue weighted by Crippen LogP contribution is 2.06. The maximum atomic E-state index is 11.9. The van der Waals surface area contributed by atoms with E-state index in [0.717, 1.165) is 0 Å². The number of urea groups is 1. The lowest BCUT2D eigenvalue weighted by Crippen LogP contribution is -2.48. The van der Waals surface area contributed by atoms with Crippen molar-refractivity contribution in [1.82, 2.24) is 10.2 Å². The number of carbonyl (C=O) groups is 3. The van der Waals surface area contributed by atoms with E-state index in [-0.39, 0.29) is 12.5 Å². The van der Waals surface area contributed by atoms with Crippen LogP contribution < -0.4 is 5.32 Å². The van der Waals surface area contributed by atoms with Crippen LogP contribution in [0.15, 0.2) is 0 Å². The molecule has 7 heteroatoms. The number of aliphatic carboxylic acids is 1. The van der Waals surface area contributed by atoms with Crippen molar-refractivity contribution in [2.75, 3.05) is 20.7 Å². The van der Waals surface area contributed by atoms with Crippen LogP contribution in [0.3, 0.4) is 0 Å². The van der Waals surface area contributed by atoms with Crippen LogP contribution in [0.2, 0.25) is 0 Å². The molecule has 0 aromatic carbocycles. The minimum Gasteiger partial charge on any atom is -0.480 e. The van der Waals surface area contributed by atoms with Gasteiger partial charge in [0.2, 0.25) is 0 Å². The molecule has 0 aromatic heterocycles. The molecule has 0 aliphatic carbocycles. The van der Waals surface area contributed by atoms with Crippen LogP contribution in [-0.2, 0) is 14.3 Å². The molecule has 0 saturated heterocycles. The topological polar surface area (TPSA) is 95.9 Å². The Labute approximate surface area is 119 Å². The van der Waals surface area contributed by atoms with E-state index in [9.17, 15) is 14.4 Å². The summed E-state index contributed by atoms with van der Waals surface area (Å²) >= 11 is 0. The maximum Gasteiger partial charge on any atom is 0.326 e. The lowest BCUT2D eigenvalue weighted by molar-refractivity contribution is -0.145. The number of carbonyl (C=O) groups excluding carboxylic acids is 2. The second kappa shape index (κ2) is 8.39. The van der Waals surface area contributed by atoms with Gasteiger partial charge in [0.25, 0.3) is 0 Å². The Balaban J connectivity index is 4.49. The van der Waals surface area contributed by atoms with E-state index in [1.54, 1.807) is 6.92 Å². The standard InChI is InChI=1S/C13H24N2O5/c1-8(2)6-10(11(16)17)14-13(19)15(4)7-9(3)12(18)20-5/h8-10H,6-7H2,1-5H3,(H,14,19)(H,16,17). The molecule has 2 N–H and O–H groups in total. The molecule has 2 atom stereocenters. The van der Waals surface area contributed by atoms with Gasteiger partial charge in [0.05, 0.1) is 13.0 Å². The monoisotopic (exact) mass is 288 g/mol. The van der Waals surface area contributed by atoms with Gasteiger partial charge in [-0.15, -0.1) is 0 Å². The highest BCUT2D eigenvalue weighted by molar-refractivity contribution is 5.82. The molecule has 2 amide bonds. The van der Waals surface area contributed by atoms with Crippen molar-refractivity contribution in [2.24, 2.45) is 11.8 Å². The average Bonchev–Trinajstić information content (AvgIpc) is 2.35. The smallest absolute Gasteiger partial charge is 0.326 e. The Kier molecular flexibility index (Phi) is 7.64. The van der Waals surface area contributed by atoms with Crippen molar-refractivity contribution >= 4 is 18.0 Å². The average molecular weight is 288 g/mol. The van der Waals surface area contributed by atoms with Gasteiger partial charge in [0.15, 0.2) is 0 Å². The predicted octanol–water partition coefficient (Wildman–Crippen LogP) is 0.936. The molecule has 0 fully saturated rings. The molecule has 20 heavy (non-hydrogen) atoms. The van der Waals surface area contributed by atoms with E-state index in [1.807, 2.05) is 13.8 Å². The van der Waals surface area contributed by atoms with E-state index in [1.165, 1.54) is 19.1 Å². The molecule has 0 aromatic rings. The van der Waals surface area contributed by atoms with Gasteiger partial charge in [-0.2, -0.15) is 0 Å². The summed E-state index contributed by atoms with van der Waals surface area (Å²) in [6.45, 7) is 5.56. The second-order valence-electron chi connectivity index (χ2n) is 5.27. The third-order valence-electron chi connectivity index (χ3n) is 2.80. The molecule has 0 aliphatic rings. The molecule has 0 heterocycles. The molecule has 7 nitrogen and oxygen atoms in total. The Morgan fingerprint density at radius 3 is 2.20 bits per heavy atom. The molecular weight excluding hydrogens is 264 g/mol. The molecule has 0 rings (SSSR count). The summed E-state index contributed by atoms with van der Waals surface area (Å²) < 4.78 is 4.57. The van der Waals surface area contributed by atoms with E-state index in [4.69, 9.17) is 5.11 Å². The van der Waals surface area contributed by atoms with Crippen molar-refractivity contribution in [2.45, 2.75) is 33.2 Å². The van der Waals surface area contributed by atoms with Crippen molar-refractivity contribution in [3.05, 3.63) is 0 Å². The van der Waals surface area contributed by atoms with Crippen LogP contribution in [0, 0.1) is 11.8 Å². The van der Waals surface area contributed by atoms with Gasteiger partial charge in [-0.25, -0.2) is 9.59 Å². The zero-order valence-corrected chi connectivity index (χ0v) is 12.7. The van der Waals surface area contributed by atoms with Crippen LogP contribution in [0.5, 0.6) is 0 Å². The molecule has 0 saturated carbocycles. The first-order chi connectivity index (χ1) is 9.18. The van der Waals surface area contributed by atoms with Crippen LogP contribution >= 0.6 is 0 Å². The summed E-state index contributed by atoms with van der Waals surface area (Å²) in [6, 6.07) is -1.45. The number of nitrogens with zero attached hydrogens (tertiary/aromatic N) is 1. The number of carboxylic acid groups (broad SMARTS) is 1. The summed E-state index contributed by atoms with van der Waals surface area (Å²) in [6.07, 6.45) is 0.349. The lowest BCUT2D eigenvalue weighted by Gasteiger charge is -2.24. The quantitative estimate of drug-likeness (QED) is 0.680. The number of ether oxygens (including phenoxy) is 1. The highest BCUT2D eigenvalue weighted by atomic mass is 16.5. The van der Waals surface area contributed by atoms with Crippen LogP contribution in [0.25, 0.3) is 0 Å². The molecule has 116 valence electrons. The first-order valence-corrected chi connectivity index (χ1v) is 6.51. The Morgan fingerprint density at radius 2 is 1.80 bits per heavy atom. The summed E-state index contributed by atoms with van der Waals surface area (Å²) in [4.78, 5) is 35.5. The number of hydrogen-bond acceptors (Lipinski definition) is 4. The first kappa shape index (κ1) is 18.2. The van der Waals surface area contributed by atoms with Crippen molar-refractivity contribution in [1.29, 1.82) is 0 Å². The van der Waals surface area contributed by atoms with Gasteiger partial charge in [0, 0.05) is 13.6 Å². The van der Waals surface area contributed by atoms with Crippen molar-refractivity contribution in [3.8, 4) is 0 Å². The second-order valence-corrected chi connectivity index (χ2v) is 5.27. The SMILES string of the molecule is COC(=O)C(C)CN(C)C(=O)NC(CC(C)C)C(=O)O. The number of methoxy groups -OCH3 is 1. The normalized spacial score (nSPS) is 13.5. The Morgan fingerprint density at radius 1 is 1.25 bits per heavy atom. The third-order valence-corrected chi connectivity index (χ3v) is 2.80. The van der Waals surface area contributed by atoms with Crippen molar-refractivity contribution < 1.29 is 24.2 Å². The fraction of sp³-hybridized carbons (Fsp3) is 0.769. The Bertz CT molecular complexity index is 357.